The smallest absolute Gasteiger partial charge is 0.123 e. The zero-order valence-corrected chi connectivity index (χ0v) is 14.3. The molecule has 0 aliphatic carbocycles. The van der Waals surface area contributed by atoms with Crippen LogP contribution in [-0.4, -0.2) is 29.6 Å². The predicted molar refractivity (Wildman–Crippen MR) is 96.3 cm³/mol. The van der Waals surface area contributed by atoms with E-state index in [2.05, 4.69) is 4.90 Å². The minimum atomic E-state index is -0.821. The van der Waals surface area contributed by atoms with E-state index < -0.39 is 5.60 Å². The van der Waals surface area contributed by atoms with Crippen molar-refractivity contribution >= 4 is 0 Å². The molecule has 1 fully saturated rings. The molecule has 1 aliphatic rings. The summed E-state index contributed by atoms with van der Waals surface area (Å²) in [6.45, 7) is 5.13. The Morgan fingerprint density at radius 1 is 0.917 bits per heavy atom. The van der Waals surface area contributed by atoms with Crippen LogP contribution in [0.25, 0.3) is 11.1 Å². The van der Waals surface area contributed by atoms with Crippen molar-refractivity contribution in [3.05, 3.63) is 59.9 Å². The van der Waals surface area contributed by atoms with Gasteiger partial charge in [0.2, 0.25) is 0 Å². The summed E-state index contributed by atoms with van der Waals surface area (Å²) in [7, 11) is 0. The summed E-state index contributed by atoms with van der Waals surface area (Å²) >= 11 is 0. The molecule has 1 aliphatic heterocycles. The fourth-order valence-electron chi connectivity index (χ4n) is 3.37. The monoisotopic (exact) mass is 327 g/mol. The molecule has 0 bridgehead atoms. The molecule has 0 saturated carbocycles. The first-order chi connectivity index (χ1) is 11.5. The van der Waals surface area contributed by atoms with Crippen LogP contribution in [0, 0.1) is 5.82 Å². The average Bonchev–Trinajstić information content (AvgIpc) is 2.62. The molecule has 0 aromatic heterocycles. The summed E-state index contributed by atoms with van der Waals surface area (Å²) < 4.78 is 13.0. The van der Waals surface area contributed by atoms with Crippen molar-refractivity contribution in [3.8, 4) is 11.1 Å². The van der Waals surface area contributed by atoms with Crippen molar-refractivity contribution in [2.45, 2.75) is 38.2 Å². The number of aliphatic hydroxyl groups is 1. The Morgan fingerprint density at radius 2 is 1.46 bits per heavy atom. The molecule has 1 heterocycles. The Balaban J connectivity index is 1.65. The van der Waals surface area contributed by atoms with Gasteiger partial charge in [-0.15, -0.1) is 0 Å². The van der Waals surface area contributed by atoms with Gasteiger partial charge in [-0.25, -0.2) is 4.39 Å². The topological polar surface area (TPSA) is 23.5 Å². The van der Waals surface area contributed by atoms with Crippen LogP contribution in [0.2, 0.25) is 0 Å². The predicted octanol–water partition coefficient (Wildman–Crippen LogP) is 4.58. The molecule has 1 N–H and O–H groups in total. The Morgan fingerprint density at radius 3 is 2.04 bits per heavy atom. The van der Waals surface area contributed by atoms with Gasteiger partial charge >= 0.3 is 0 Å². The molecule has 0 amide bonds. The Labute approximate surface area is 143 Å². The van der Waals surface area contributed by atoms with Crippen molar-refractivity contribution < 1.29 is 9.50 Å². The molecule has 128 valence electrons. The van der Waals surface area contributed by atoms with Gasteiger partial charge in [-0.05, 0) is 68.1 Å². The molecule has 2 aromatic carbocycles. The van der Waals surface area contributed by atoms with Crippen LogP contribution in [0.4, 0.5) is 4.39 Å². The van der Waals surface area contributed by atoms with Crippen LogP contribution in [-0.2, 0) is 5.60 Å². The first kappa shape index (κ1) is 17.1. The summed E-state index contributed by atoms with van der Waals surface area (Å²) in [5.74, 6) is -0.226. The van der Waals surface area contributed by atoms with Gasteiger partial charge in [0.15, 0.2) is 0 Å². The lowest BCUT2D eigenvalue weighted by molar-refractivity contribution is 0.0337. The Bertz CT molecular complexity index is 643. The maximum absolute atomic E-state index is 13.0. The summed E-state index contributed by atoms with van der Waals surface area (Å²) in [5, 5.41) is 10.8. The van der Waals surface area contributed by atoms with Crippen molar-refractivity contribution in [1.82, 2.24) is 4.90 Å². The van der Waals surface area contributed by atoms with Crippen molar-refractivity contribution in [3.63, 3.8) is 0 Å². The highest BCUT2D eigenvalue weighted by Crippen LogP contribution is 2.28. The number of benzene rings is 2. The van der Waals surface area contributed by atoms with Crippen molar-refractivity contribution in [1.29, 1.82) is 0 Å². The van der Waals surface area contributed by atoms with Crippen molar-refractivity contribution in [2.24, 2.45) is 0 Å². The first-order valence-corrected chi connectivity index (χ1v) is 8.86. The third-order valence-electron chi connectivity index (χ3n) is 5.05. The summed E-state index contributed by atoms with van der Waals surface area (Å²) in [6.07, 6.45) is 4.61. The van der Waals surface area contributed by atoms with Crippen molar-refractivity contribution in [2.75, 3.05) is 19.6 Å². The van der Waals surface area contributed by atoms with E-state index in [9.17, 15) is 9.50 Å². The highest BCUT2D eigenvalue weighted by molar-refractivity contribution is 5.63. The second kappa shape index (κ2) is 7.45. The van der Waals surface area contributed by atoms with Gasteiger partial charge in [0.05, 0.1) is 5.60 Å². The van der Waals surface area contributed by atoms with Gasteiger partial charge in [0, 0.05) is 6.54 Å². The minimum Gasteiger partial charge on any atom is -0.385 e. The van der Waals surface area contributed by atoms with Crippen LogP contribution >= 0.6 is 0 Å². The SMILES string of the molecule is CC(O)(CCN1CCCCC1)c1ccc(-c2ccc(F)cc2)cc1. The standard InChI is InChI=1S/C21H26FNO/c1-21(24,13-16-23-14-3-2-4-15-23)19-9-5-17(6-10-19)18-7-11-20(22)12-8-18/h5-12,24H,2-4,13-16H2,1H3. The third-order valence-corrected chi connectivity index (χ3v) is 5.05. The van der Waals surface area contributed by atoms with Crippen LogP contribution in [0.15, 0.2) is 48.5 Å². The van der Waals surface area contributed by atoms with Gasteiger partial charge < -0.3 is 10.0 Å². The van der Waals surface area contributed by atoms with E-state index in [1.807, 2.05) is 31.2 Å². The maximum atomic E-state index is 13.0. The zero-order chi connectivity index (χ0) is 17.0. The number of likely N-dealkylation sites (tertiary alicyclic amines) is 1. The number of hydrogen-bond acceptors (Lipinski definition) is 2. The van der Waals surface area contributed by atoms with E-state index in [1.165, 1.54) is 31.4 Å². The average molecular weight is 327 g/mol. The third kappa shape index (κ3) is 4.22. The summed E-state index contributed by atoms with van der Waals surface area (Å²) in [4.78, 5) is 2.45. The molecule has 3 rings (SSSR count). The maximum Gasteiger partial charge on any atom is 0.123 e. The largest absolute Gasteiger partial charge is 0.385 e. The molecule has 1 unspecified atom stereocenters. The van der Waals surface area contributed by atoms with Gasteiger partial charge in [0.25, 0.3) is 0 Å². The van der Waals surface area contributed by atoms with E-state index in [-0.39, 0.29) is 5.82 Å². The second-order valence-electron chi connectivity index (χ2n) is 7.01. The number of nitrogens with zero attached hydrogens (tertiary/aromatic N) is 1. The number of piperidine rings is 1. The summed E-state index contributed by atoms with van der Waals surface area (Å²) in [6, 6.07) is 14.5. The van der Waals surface area contributed by atoms with Gasteiger partial charge in [-0.2, -0.15) is 0 Å². The Hall–Kier alpha value is -1.71. The van der Waals surface area contributed by atoms with E-state index in [0.29, 0.717) is 0 Å². The molecule has 0 spiro atoms. The van der Waals surface area contributed by atoms with Gasteiger partial charge in [-0.3, -0.25) is 0 Å². The van der Waals surface area contributed by atoms with Crippen LogP contribution in [0.3, 0.4) is 0 Å². The molecule has 2 nitrogen and oxygen atoms in total. The number of halogens is 1. The molecule has 3 heteroatoms. The molecular formula is C21H26FNO. The first-order valence-electron chi connectivity index (χ1n) is 8.86. The lowest BCUT2D eigenvalue weighted by Crippen LogP contribution is -2.34. The Kier molecular flexibility index (Phi) is 5.32. The van der Waals surface area contributed by atoms with Gasteiger partial charge in [0.1, 0.15) is 5.82 Å². The van der Waals surface area contributed by atoms with E-state index >= 15 is 0 Å². The molecule has 24 heavy (non-hydrogen) atoms. The summed E-state index contributed by atoms with van der Waals surface area (Å²) in [5.41, 5.74) is 2.13. The van der Waals surface area contributed by atoms with Crippen LogP contribution in [0.1, 0.15) is 38.2 Å². The normalized spacial score (nSPS) is 18.3. The highest BCUT2D eigenvalue weighted by Gasteiger charge is 2.24. The molecule has 1 atom stereocenters. The zero-order valence-electron chi connectivity index (χ0n) is 14.3. The molecule has 1 saturated heterocycles. The van der Waals surface area contributed by atoms with Crippen LogP contribution < -0.4 is 0 Å². The number of hydrogen-bond donors (Lipinski definition) is 1. The fraction of sp³-hybridized carbons (Fsp3) is 0.429. The molecule has 0 radical (unpaired) electrons. The fourth-order valence-corrected chi connectivity index (χ4v) is 3.37. The van der Waals surface area contributed by atoms with Gasteiger partial charge in [-0.1, -0.05) is 42.8 Å². The lowest BCUT2D eigenvalue weighted by atomic mass is 9.90. The van der Waals surface area contributed by atoms with E-state index in [1.54, 1.807) is 12.1 Å². The minimum absolute atomic E-state index is 0.226. The highest BCUT2D eigenvalue weighted by atomic mass is 19.1. The molecular weight excluding hydrogens is 301 g/mol. The molecule has 2 aromatic rings. The quantitative estimate of drug-likeness (QED) is 0.869. The number of rotatable bonds is 5. The van der Waals surface area contributed by atoms with E-state index in [4.69, 9.17) is 0 Å². The van der Waals surface area contributed by atoms with E-state index in [0.717, 1.165) is 42.7 Å². The second-order valence-corrected chi connectivity index (χ2v) is 7.01. The van der Waals surface area contributed by atoms with Crippen LogP contribution in [0.5, 0.6) is 0 Å². The lowest BCUT2D eigenvalue weighted by Gasteiger charge is -2.31.